The van der Waals surface area contributed by atoms with E-state index >= 15 is 0 Å². The van der Waals surface area contributed by atoms with Crippen LogP contribution in [0.4, 0.5) is 0 Å². The number of carbonyl (C=O) groups is 1. The molecule has 0 heterocycles. The second kappa shape index (κ2) is 9.02. The van der Waals surface area contributed by atoms with E-state index in [2.05, 4.69) is 40.7 Å². The van der Waals surface area contributed by atoms with Crippen molar-refractivity contribution >= 4 is 5.78 Å². The van der Waals surface area contributed by atoms with Gasteiger partial charge in [0.05, 0.1) is 12.2 Å². The van der Waals surface area contributed by atoms with Crippen molar-refractivity contribution in [2.24, 2.45) is 46.3 Å². The SMILES string of the molecule is CCC(C(C)C)C(O)C(O)CCC1CCC2C3CCC4=CC(=O)C=CC4(C)C3CCC12C. The van der Waals surface area contributed by atoms with Crippen LogP contribution in [0.25, 0.3) is 0 Å². The van der Waals surface area contributed by atoms with Gasteiger partial charge in [-0.15, -0.1) is 0 Å². The summed E-state index contributed by atoms with van der Waals surface area (Å²) in [5.74, 6) is 3.56. The monoisotopic (exact) mass is 442 g/mol. The number of fused-ring (bicyclic) bond motifs is 5. The Balaban J connectivity index is 1.43. The van der Waals surface area contributed by atoms with Crippen molar-refractivity contribution in [3.63, 3.8) is 0 Å². The second-order valence-corrected chi connectivity index (χ2v) is 12.4. The highest BCUT2D eigenvalue weighted by Gasteiger charge is 2.58. The van der Waals surface area contributed by atoms with Crippen LogP contribution in [0.1, 0.15) is 92.4 Å². The highest BCUT2D eigenvalue weighted by molar-refractivity contribution is 6.01. The Morgan fingerprint density at radius 2 is 1.84 bits per heavy atom. The maximum atomic E-state index is 12.0. The molecule has 3 heteroatoms. The van der Waals surface area contributed by atoms with E-state index in [4.69, 9.17) is 0 Å². The van der Waals surface area contributed by atoms with E-state index in [-0.39, 0.29) is 17.1 Å². The molecule has 0 amide bonds. The molecule has 9 unspecified atom stereocenters. The van der Waals surface area contributed by atoms with Gasteiger partial charge in [0.25, 0.3) is 0 Å². The topological polar surface area (TPSA) is 57.5 Å². The molecule has 4 rings (SSSR count). The van der Waals surface area contributed by atoms with E-state index in [1.165, 1.54) is 37.7 Å². The molecule has 0 radical (unpaired) electrons. The number of allylic oxidation sites excluding steroid dienone is 4. The molecular formula is C29H46O3. The third kappa shape index (κ3) is 3.96. The first-order valence-electron chi connectivity index (χ1n) is 13.4. The Morgan fingerprint density at radius 1 is 1.09 bits per heavy atom. The summed E-state index contributed by atoms with van der Waals surface area (Å²) in [6, 6.07) is 0. The van der Waals surface area contributed by atoms with Crippen molar-refractivity contribution in [2.75, 3.05) is 0 Å². The average Bonchev–Trinajstić information content (AvgIpc) is 3.09. The minimum atomic E-state index is -0.606. The van der Waals surface area contributed by atoms with Crippen molar-refractivity contribution < 1.29 is 15.0 Å². The highest BCUT2D eigenvalue weighted by Crippen LogP contribution is 2.66. The fourth-order valence-electron chi connectivity index (χ4n) is 8.72. The normalized spacial score (nSPS) is 41.5. The van der Waals surface area contributed by atoms with Gasteiger partial charge in [-0.1, -0.05) is 52.7 Å². The van der Waals surface area contributed by atoms with Gasteiger partial charge < -0.3 is 10.2 Å². The van der Waals surface area contributed by atoms with E-state index in [9.17, 15) is 15.0 Å². The number of hydrogen-bond donors (Lipinski definition) is 2. The Morgan fingerprint density at radius 3 is 2.53 bits per heavy atom. The molecule has 0 aromatic rings. The zero-order chi connectivity index (χ0) is 23.3. The largest absolute Gasteiger partial charge is 0.390 e. The quantitative estimate of drug-likeness (QED) is 0.501. The predicted molar refractivity (Wildman–Crippen MR) is 130 cm³/mol. The fraction of sp³-hybridized carbons (Fsp3) is 0.828. The van der Waals surface area contributed by atoms with Gasteiger partial charge in [0.2, 0.25) is 0 Å². The van der Waals surface area contributed by atoms with Crippen LogP contribution >= 0.6 is 0 Å². The number of hydrogen-bond acceptors (Lipinski definition) is 3. The summed E-state index contributed by atoms with van der Waals surface area (Å²) in [5.41, 5.74) is 1.81. The van der Waals surface area contributed by atoms with Crippen LogP contribution in [-0.4, -0.2) is 28.2 Å². The van der Waals surface area contributed by atoms with E-state index < -0.39 is 12.2 Å². The lowest BCUT2D eigenvalue weighted by molar-refractivity contribution is -0.111. The van der Waals surface area contributed by atoms with Crippen molar-refractivity contribution in [2.45, 2.75) is 105 Å². The van der Waals surface area contributed by atoms with Crippen molar-refractivity contribution in [3.8, 4) is 0 Å². The molecule has 0 saturated heterocycles. The summed E-state index contributed by atoms with van der Waals surface area (Å²) in [7, 11) is 0. The first-order chi connectivity index (χ1) is 15.1. The third-order valence-electron chi connectivity index (χ3n) is 10.7. The van der Waals surface area contributed by atoms with Crippen LogP contribution in [0.2, 0.25) is 0 Å². The van der Waals surface area contributed by atoms with E-state index in [1.54, 1.807) is 0 Å². The van der Waals surface area contributed by atoms with Crippen molar-refractivity contribution in [3.05, 3.63) is 23.8 Å². The molecule has 0 aromatic heterocycles. The molecule has 2 N–H and O–H groups in total. The summed E-state index contributed by atoms with van der Waals surface area (Å²) in [5, 5.41) is 21.5. The molecule has 0 aromatic carbocycles. The Hall–Kier alpha value is -0.930. The highest BCUT2D eigenvalue weighted by atomic mass is 16.3. The van der Waals surface area contributed by atoms with Crippen molar-refractivity contribution in [1.29, 1.82) is 0 Å². The molecule has 3 nitrogen and oxygen atoms in total. The molecule has 0 aliphatic heterocycles. The van der Waals surface area contributed by atoms with Crippen LogP contribution in [-0.2, 0) is 4.79 Å². The average molecular weight is 443 g/mol. The molecule has 0 spiro atoms. The van der Waals surface area contributed by atoms with Crippen LogP contribution < -0.4 is 0 Å². The minimum Gasteiger partial charge on any atom is -0.390 e. The summed E-state index contributed by atoms with van der Waals surface area (Å²) in [4.78, 5) is 12.0. The lowest BCUT2D eigenvalue weighted by atomic mass is 9.47. The zero-order valence-corrected chi connectivity index (χ0v) is 21.0. The molecule has 4 aliphatic carbocycles. The molecule has 3 saturated carbocycles. The maximum absolute atomic E-state index is 12.0. The van der Waals surface area contributed by atoms with E-state index in [0.717, 1.165) is 37.5 Å². The summed E-state index contributed by atoms with van der Waals surface area (Å²) in [6.07, 6.45) is 14.8. The molecule has 9 atom stereocenters. The summed E-state index contributed by atoms with van der Waals surface area (Å²) >= 11 is 0. The van der Waals surface area contributed by atoms with Gasteiger partial charge in [-0.25, -0.2) is 0 Å². The van der Waals surface area contributed by atoms with Gasteiger partial charge in [-0.3, -0.25) is 4.79 Å². The predicted octanol–water partition coefficient (Wildman–Crippen LogP) is 6.09. The van der Waals surface area contributed by atoms with Gasteiger partial charge >= 0.3 is 0 Å². The van der Waals surface area contributed by atoms with Crippen LogP contribution in [0.15, 0.2) is 23.8 Å². The van der Waals surface area contributed by atoms with Crippen LogP contribution in [0.3, 0.4) is 0 Å². The Bertz CT molecular complexity index is 766. The molecule has 4 aliphatic rings. The molecule has 180 valence electrons. The zero-order valence-electron chi connectivity index (χ0n) is 21.0. The summed E-state index contributed by atoms with van der Waals surface area (Å²) < 4.78 is 0. The first kappa shape index (κ1) is 24.2. The Labute approximate surface area is 195 Å². The molecular weight excluding hydrogens is 396 g/mol. The number of aliphatic hydroxyl groups excluding tert-OH is 2. The van der Waals surface area contributed by atoms with E-state index in [1.807, 2.05) is 12.2 Å². The van der Waals surface area contributed by atoms with Crippen molar-refractivity contribution in [1.82, 2.24) is 0 Å². The van der Waals surface area contributed by atoms with Gasteiger partial charge in [0.15, 0.2) is 5.78 Å². The third-order valence-corrected chi connectivity index (χ3v) is 10.7. The first-order valence-corrected chi connectivity index (χ1v) is 13.4. The number of rotatable bonds is 7. The molecule has 0 bridgehead atoms. The molecule has 3 fully saturated rings. The fourth-order valence-corrected chi connectivity index (χ4v) is 8.72. The lowest BCUT2D eigenvalue weighted by Crippen LogP contribution is -2.49. The lowest BCUT2D eigenvalue weighted by Gasteiger charge is -2.57. The maximum Gasteiger partial charge on any atom is 0.178 e. The van der Waals surface area contributed by atoms with E-state index in [0.29, 0.717) is 23.2 Å². The standard InChI is InChI=1S/C29H46O3/c1-6-22(18(2)3)27(32)26(31)12-9-19-8-11-24-23-10-7-20-17-21(30)13-15-29(20,5)25(23)14-16-28(19,24)4/h13,15,17-19,22-27,31-32H,6-12,14,16H2,1-5H3. The second-order valence-electron chi connectivity index (χ2n) is 12.4. The minimum absolute atomic E-state index is 0.0720. The van der Waals surface area contributed by atoms with Gasteiger partial charge in [0.1, 0.15) is 0 Å². The van der Waals surface area contributed by atoms with Crippen LogP contribution in [0, 0.1) is 46.3 Å². The Kier molecular flexibility index (Phi) is 6.82. The number of ketones is 1. The number of carbonyl (C=O) groups excluding carboxylic acids is 1. The van der Waals surface area contributed by atoms with Gasteiger partial charge in [0, 0.05) is 5.41 Å². The van der Waals surface area contributed by atoms with Crippen LogP contribution in [0.5, 0.6) is 0 Å². The molecule has 32 heavy (non-hydrogen) atoms. The number of aliphatic hydroxyl groups is 2. The summed E-state index contributed by atoms with van der Waals surface area (Å²) in [6.45, 7) is 11.3. The van der Waals surface area contributed by atoms with Gasteiger partial charge in [-0.05, 0) is 104 Å². The van der Waals surface area contributed by atoms with Gasteiger partial charge in [-0.2, -0.15) is 0 Å². The smallest absolute Gasteiger partial charge is 0.178 e.